The Morgan fingerprint density at radius 2 is 1.92 bits per heavy atom. The van der Waals surface area contributed by atoms with E-state index in [1.54, 1.807) is 0 Å². The van der Waals surface area contributed by atoms with Crippen LogP contribution in [0, 0.1) is 0 Å². The van der Waals surface area contributed by atoms with E-state index in [0.29, 0.717) is 0 Å². The van der Waals surface area contributed by atoms with Gasteiger partial charge in [0, 0.05) is 6.08 Å². The van der Waals surface area contributed by atoms with Crippen molar-refractivity contribution < 1.29 is 9.90 Å². The average molecular weight is 185 g/mol. The monoisotopic (exact) mass is 185 g/mol. The first-order chi connectivity index (χ1) is 6.11. The Labute approximate surface area is 71.3 Å². The number of aromatic nitrogens is 3. The van der Waals surface area contributed by atoms with Crippen LogP contribution in [0.3, 0.4) is 0 Å². The van der Waals surface area contributed by atoms with Crippen LogP contribution in [0.1, 0.15) is 0 Å². The Morgan fingerprint density at radius 3 is 2.38 bits per heavy atom. The lowest BCUT2D eigenvalue weighted by Gasteiger charge is -1.88. The number of carboxylic acid groups (broad SMARTS) is 1. The molecular weight excluding hydrogens is 178 g/mol. The summed E-state index contributed by atoms with van der Waals surface area (Å²) in [6.45, 7) is -0.0655. The minimum Gasteiger partial charge on any atom is -0.478 e. The Morgan fingerprint density at radius 1 is 1.38 bits per heavy atom. The zero-order chi connectivity index (χ0) is 9.84. The molecular formula is C6H7N3O4. The van der Waals surface area contributed by atoms with Crippen molar-refractivity contribution in [3.63, 3.8) is 0 Å². The number of aromatic amines is 2. The Hall–Kier alpha value is -2.05. The summed E-state index contributed by atoms with van der Waals surface area (Å²) in [5.74, 6) is -1.12. The summed E-state index contributed by atoms with van der Waals surface area (Å²) in [6, 6.07) is 0. The van der Waals surface area contributed by atoms with Gasteiger partial charge in [0.2, 0.25) is 0 Å². The number of rotatable bonds is 3. The fraction of sp³-hybridized carbons (Fsp3) is 0.167. The predicted octanol–water partition coefficient (Wildman–Crippen LogP) is -1.49. The van der Waals surface area contributed by atoms with Crippen LogP contribution in [0.4, 0.5) is 0 Å². The first-order valence-electron chi connectivity index (χ1n) is 3.38. The number of allylic oxidation sites excluding steroid dienone is 1. The molecule has 0 radical (unpaired) electrons. The first-order valence-corrected chi connectivity index (χ1v) is 3.38. The summed E-state index contributed by atoms with van der Waals surface area (Å²) in [6.07, 6.45) is 2.06. The van der Waals surface area contributed by atoms with Gasteiger partial charge in [-0.25, -0.2) is 29.1 Å². The van der Waals surface area contributed by atoms with Crippen LogP contribution < -0.4 is 11.4 Å². The van der Waals surface area contributed by atoms with Gasteiger partial charge < -0.3 is 5.11 Å². The van der Waals surface area contributed by atoms with Gasteiger partial charge in [-0.3, -0.25) is 0 Å². The van der Waals surface area contributed by atoms with E-state index in [9.17, 15) is 14.4 Å². The molecule has 1 rings (SSSR count). The first kappa shape index (κ1) is 9.04. The van der Waals surface area contributed by atoms with Crippen LogP contribution in [0.5, 0.6) is 0 Å². The van der Waals surface area contributed by atoms with Gasteiger partial charge in [0.05, 0.1) is 6.54 Å². The third kappa shape index (κ3) is 2.19. The van der Waals surface area contributed by atoms with Crippen molar-refractivity contribution in [2.75, 3.05) is 0 Å². The number of aliphatic carboxylic acids is 1. The molecule has 7 heteroatoms. The van der Waals surface area contributed by atoms with E-state index in [0.717, 1.165) is 10.6 Å². The molecule has 0 aromatic carbocycles. The third-order valence-corrected chi connectivity index (χ3v) is 1.32. The van der Waals surface area contributed by atoms with E-state index < -0.39 is 17.3 Å². The molecule has 7 nitrogen and oxygen atoms in total. The van der Waals surface area contributed by atoms with Crippen molar-refractivity contribution in [3.05, 3.63) is 33.1 Å². The number of nitrogens with one attached hydrogen (secondary N) is 2. The lowest BCUT2D eigenvalue weighted by molar-refractivity contribution is -0.131. The molecule has 0 saturated heterocycles. The van der Waals surface area contributed by atoms with Crippen molar-refractivity contribution in [2.24, 2.45) is 0 Å². The zero-order valence-corrected chi connectivity index (χ0v) is 6.48. The van der Waals surface area contributed by atoms with E-state index in [2.05, 4.69) is 10.2 Å². The average Bonchev–Trinajstić information content (AvgIpc) is 2.34. The van der Waals surface area contributed by atoms with E-state index in [-0.39, 0.29) is 6.54 Å². The fourth-order valence-corrected chi connectivity index (χ4v) is 0.759. The second-order valence-electron chi connectivity index (χ2n) is 2.21. The minimum absolute atomic E-state index is 0.0655. The molecule has 0 spiro atoms. The number of H-pyrrole nitrogens is 2. The highest BCUT2D eigenvalue weighted by atomic mass is 16.4. The number of hydrogen-bond donors (Lipinski definition) is 3. The van der Waals surface area contributed by atoms with Gasteiger partial charge in [0.25, 0.3) is 0 Å². The highest BCUT2D eigenvalue weighted by Gasteiger charge is 1.98. The van der Waals surface area contributed by atoms with Crippen LogP contribution in [0.2, 0.25) is 0 Å². The molecule has 0 aliphatic carbocycles. The maximum atomic E-state index is 10.8. The standard InChI is InChI=1S/C6H7N3O4/c10-4(11)2-1-3-9-5(12)7-8-6(9)13/h1-2H,3H2,(H,7,12)(H,8,13)(H,10,11)/b2-1+. The van der Waals surface area contributed by atoms with Gasteiger partial charge in [0.1, 0.15) is 0 Å². The molecule has 1 heterocycles. The molecule has 0 aliphatic rings. The largest absolute Gasteiger partial charge is 0.478 e. The Balaban J connectivity index is 2.81. The van der Waals surface area contributed by atoms with Crippen molar-refractivity contribution in [3.8, 4) is 0 Å². The summed E-state index contributed by atoms with van der Waals surface area (Å²) in [4.78, 5) is 31.7. The maximum Gasteiger partial charge on any atom is 0.344 e. The van der Waals surface area contributed by atoms with Crippen LogP contribution in [0.25, 0.3) is 0 Å². The second-order valence-corrected chi connectivity index (χ2v) is 2.21. The normalized spacial score (nSPS) is 10.8. The quantitative estimate of drug-likeness (QED) is 0.498. The van der Waals surface area contributed by atoms with Crippen LogP contribution in [-0.2, 0) is 11.3 Å². The second kappa shape index (κ2) is 3.57. The molecule has 0 bridgehead atoms. The molecule has 0 aliphatic heterocycles. The van der Waals surface area contributed by atoms with Gasteiger partial charge >= 0.3 is 17.3 Å². The molecule has 0 unspecified atom stereocenters. The minimum atomic E-state index is -1.12. The summed E-state index contributed by atoms with van der Waals surface area (Å²) >= 11 is 0. The van der Waals surface area contributed by atoms with Crippen molar-refractivity contribution in [2.45, 2.75) is 6.54 Å². The molecule has 3 N–H and O–H groups in total. The fourth-order valence-electron chi connectivity index (χ4n) is 0.759. The van der Waals surface area contributed by atoms with Crippen molar-refractivity contribution in [1.82, 2.24) is 14.8 Å². The maximum absolute atomic E-state index is 10.8. The predicted molar refractivity (Wildman–Crippen MR) is 42.4 cm³/mol. The molecule has 0 amide bonds. The lowest BCUT2D eigenvalue weighted by atomic mass is 10.5. The van der Waals surface area contributed by atoms with E-state index >= 15 is 0 Å². The van der Waals surface area contributed by atoms with Crippen molar-refractivity contribution in [1.29, 1.82) is 0 Å². The molecule has 70 valence electrons. The Kier molecular flexibility index (Phi) is 2.48. The number of hydrogen-bond acceptors (Lipinski definition) is 3. The van der Waals surface area contributed by atoms with Gasteiger partial charge in [-0.2, -0.15) is 0 Å². The van der Waals surface area contributed by atoms with Gasteiger partial charge in [-0.1, -0.05) is 6.08 Å². The SMILES string of the molecule is O=C(O)/C=C/Cn1c(=O)[nH][nH]c1=O. The number of carboxylic acids is 1. The molecule has 0 fully saturated rings. The van der Waals surface area contributed by atoms with Crippen molar-refractivity contribution >= 4 is 5.97 Å². The topological polar surface area (TPSA) is 108 Å². The molecule has 13 heavy (non-hydrogen) atoms. The van der Waals surface area contributed by atoms with Crippen LogP contribution in [0.15, 0.2) is 21.7 Å². The van der Waals surface area contributed by atoms with Gasteiger partial charge in [0.15, 0.2) is 0 Å². The summed E-state index contributed by atoms with van der Waals surface area (Å²) in [7, 11) is 0. The smallest absolute Gasteiger partial charge is 0.344 e. The zero-order valence-electron chi connectivity index (χ0n) is 6.48. The lowest BCUT2D eigenvalue weighted by Crippen LogP contribution is -2.25. The van der Waals surface area contributed by atoms with Crippen LogP contribution >= 0.6 is 0 Å². The van der Waals surface area contributed by atoms with E-state index in [1.165, 1.54) is 6.08 Å². The van der Waals surface area contributed by atoms with Gasteiger partial charge in [-0.15, -0.1) is 0 Å². The molecule has 1 aromatic rings. The summed E-state index contributed by atoms with van der Waals surface area (Å²) in [5.41, 5.74) is -1.19. The molecule has 1 aromatic heterocycles. The highest BCUT2D eigenvalue weighted by molar-refractivity contribution is 5.79. The third-order valence-electron chi connectivity index (χ3n) is 1.32. The Bertz CT molecular complexity index is 408. The molecule has 0 atom stereocenters. The number of nitrogens with zero attached hydrogens (tertiary/aromatic N) is 1. The van der Waals surface area contributed by atoms with Crippen LogP contribution in [-0.4, -0.2) is 25.8 Å². The summed E-state index contributed by atoms with van der Waals surface area (Å²) < 4.78 is 0.833. The van der Waals surface area contributed by atoms with Gasteiger partial charge in [-0.05, 0) is 0 Å². The van der Waals surface area contributed by atoms with E-state index in [1.807, 2.05) is 0 Å². The number of carbonyl (C=O) groups is 1. The van der Waals surface area contributed by atoms with E-state index in [4.69, 9.17) is 5.11 Å². The molecule has 0 saturated carbocycles. The summed E-state index contributed by atoms with van der Waals surface area (Å²) in [5, 5.41) is 12.3. The highest BCUT2D eigenvalue weighted by Crippen LogP contribution is 1.75.